The average molecular weight is 378 g/mol. The van der Waals surface area contributed by atoms with Crippen molar-refractivity contribution in [3.63, 3.8) is 0 Å². The zero-order valence-electron chi connectivity index (χ0n) is 15.8. The van der Waals surface area contributed by atoms with Gasteiger partial charge in [0.15, 0.2) is 0 Å². The predicted octanol–water partition coefficient (Wildman–Crippen LogP) is 3.47. The molecular formula is C22H22N2O4. The first-order valence-corrected chi connectivity index (χ1v) is 8.94. The van der Waals surface area contributed by atoms with Crippen LogP contribution in [0.1, 0.15) is 18.1 Å². The normalized spacial score (nSPS) is 10.9. The number of methoxy groups -OCH3 is 1. The number of para-hydroxylation sites is 1. The second-order valence-corrected chi connectivity index (χ2v) is 6.25. The molecule has 2 N–H and O–H groups in total. The fourth-order valence-corrected chi connectivity index (χ4v) is 2.91. The highest BCUT2D eigenvalue weighted by Gasteiger charge is 2.08. The van der Waals surface area contributed by atoms with Crippen LogP contribution in [0.3, 0.4) is 0 Å². The zero-order chi connectivity index (χ0) is 19.9. The highest BCUT2D eigenvalue weighted by atomic mass is 16.5. The Kier molecular flexibility index (Phi) is 6.11. The zero-order valence-corrected chi connectivity index (χ0v) is 15.8. The standard InChI is InChI=1S/C22H22N2O4/c1-15(25)23-12-11-17-14-24-20-9-8-18(13-19(17)20)28-22(26)10-7-16-5-3-4-6-21(16)27-2/h3-10,13-14,24H,11-12H2,1-2H3,(H,23,25)/b10-7+. The number of rotatable bonds is 7. The number of aromatic nitrogens is 1. The minimum Gasteiger partial charge on any atom is -0.496 e. The number of H-pyrrole nitrogens is 1. The van der Waals surface area contributed by atoms with E-state index in [2.05, 4.69) is 10.3 Å². The van der Waals surface area contributed by atoms with Gasteiger partial charge in [-0.15, -0.1) is 0 Å². The highest BCUT2D eigenvalue weighted by Crippen LogP contribution is 2.24. The summed E-state index contributed by atoms with van der Waals surface area (Å²) in [7, 11) is 1.58. The smallest absolute Gasteiger partial charge is 0.336 e. The molecule has 1 amide bonds. The van der Waals surface area contributed by atoms with E-state index in [9.17, 15) is 9.59 Å². The summed E-state index contributed by atoms with van der Waals surface area (Å²) in [6.07, 6.45) is 5.62. The van der Waals surface area contributed by atoms with E-state index in [1.54, 1.807) is 19.3 Å². The fraction of sp³-hybridized carbons (Fsp3) is 0.182. The van der Waals surface area contributed by atoms with Gasteiger partial charge in [0, 0.05) is 42.2 Å². The van der Waals surface area contributed by atoms with Crippen molar-refractivity contribution in [2.75, 3.05) is 13.7 Å². The molecular weight excluding hydrogens is 356 g/mol. The summed E-state index contributed by atoms with van der Waals surface area (Å²) in [4.78, 5) is 26.4. The van der Waals surface area contributed by atoms with E-state index in [0.29, 0.717) is 24.5 Å². The lowest BCUT2D eigenvalue weighted by Gasteiger charge is -2.05. The van der Waals surface area contributed by atoms with Gasteiger partial charge in [-0.1, -0.05) is 18.2 Å². The fourth-order valence-electron chi connectivity index (χ4n) is 2.91. The Morgan fingerprint density at radius 2 is 2.00 bits per heavy atom. The summed E-state index contributed by atoms with van der Waals surface area (Å²) >= 11 is 0. The Hall–Kier alpha value is -3.54. The third-order valence-electron chi connectivity index (χ3n) is 4.26. The lowest BCUT2D eigenvalue weighted by atomic mass is 10.1. The molecule has 0 unspecified atom stereocenters. The summed E-state index contributed by atoms with van der Waals surface area (Å²) in [6.45, 7) is 2.04. The molecule has 0 aliphatic rings. The molecule has 0 atom stereocenters. The number of amides is 1. The van der Waals surface area contributed by atoms with Gasteiger partial charge in [-0.25, -0.2) is 4.79 Å². The number of aromatic amines is 1. The van der Waals surface area contributed by atoms with Crippen LogP contribution in [0.4, 0.5) is 0 Å². The summed E-state index contributed by atoms with van der Waals surface area (Å²) < 4.78 is 10.7. The number of esters is 1. The molecule has 2 aromatic carbocycles. The average Bonchev–Trinajstić information content (AvgIpc) is 3.08. The van der Waals surface area contributed by atoms with Crippen LogP contribution in [-0.4, -0.2) is 30.5 Å². The van der Waals surface area contributed by atoms with Crippen molar-refractivity contribution >= 4 is 28.9 Å². The van der Waals surface area contributed by atoms with Crippen LogP contribution in [-0.2, 0) is 16.0 Å². The number of hydrogen-bond acceptors (Lipinski definition) is 4. The molecule has 144 valence electrons. The van der Waals surface area contributed by atoms with Crippen LogP contribution in [0.5, 0.6) is 11.5 Å². The molecule has 0 aliphatic carbocycles. The lowest BCUT2D eigenvalue weighted by molar-refractivity contribution is -0.128. The van der Waals surface area contributed by atoms with E-state index in [1.165, 1.54) is 13.0 Å². The van der Waals surface area contributed by atoms with E-state index in [0.717, 1.165) is 22.0 Å². The lowest BCUT2D eigenvalue weighted by Crippen LogP contribution is -2.22. The summed E-state index contributed by atoms with van der Waals surface area (Å²) in [5.74, 6) is 0.614. The quantitative estimate of drug-likeness (QED) is 0.375. The minimum absolute atomic E-state index is 0.0590. The minimum atomic E-state index is -0.472. The van der Waals surface area contributed by atoms with E-state index >= 15 is 0 Å². The molecule has 3 rings (SSSR count). The van der Waals surface area contributed by atoms with Crippen molar-refractivity contribution in [1.82, 2.24) is 10.3 Å². The Morgan fingerprint density at radius 1 is 1.18 bits per heavy atom. The van der Waals surface area contributed by atoms with Gasteiger partial charge in [0.25, 0.3) is 0 Å². The van der Waals surface area contributed by atoms with Crippen LogP contribution < -0.4 is 14.8 Å². The maximum Gasteiger partial charge on any atom is 0.336 e. The van der Waals surface area contributed by atoms with Crippen molar-refractivity contribution in [2.45, 2.75) is 13.3 Å². The van der Waals surface area contributed by atoms with Gasteiger partial charge in [-0.2, -0.15) is 0 Å². The van der Waals surface area contributed by atoms with Crippen LogP contribution in [0.15, 0.2) is 54.7 Å². The first kappa shape index (κ1) is 19.2. The van der Waals surface area contributed by atoms with E-state index in [1.807, 2.05) is 42.6 Å². The number of benzene rings is 2. The number of carbonyl (C=O) groups excluding carboxylic acids is 2. The van der Waals surface area contributed by atoms with Gasteiger partial charge in [-0.05, 0) is 42.3 Å². The van der Waals surface area contributed by atoms with E-state index in [-0.39, 0.29) is 5.91 Å². The molecule has 0 aliphatic heterocycles. The van der Waals surface area contributed by atoms with Crippen molar-refractivity contribution in [3.05, 3.63) is 65.9 Å². The Labute approximate surface area is 163 Å². The maximum atomic E-state index is 12.2. The third-order valence-corrected chi connectivity index (χ3v) is 4.26. The Bertz CT molecular complexity index is 1020. The molecule has 0 fully saturated rings. The molecule has 0 bridgehead atoms. The van der Waals surface area contributed by atoms with Crippen LogP contribution in [0.25, 0.3) is 17.0 Å². The van der Waals surface area contributed by atoms with Gasteiger partial charge in [0.1, 0.15) is 11.5 Å². The first-order valence-electron chi connectivity index (χ1n) is 8.94. The molecule has 1 aromatic heterocycles. The van der Waals surface area contributed by atoms with Crippen molar-refractivity contribution < 1.29 is 19.1 Å². The maximum absolute atomic E-state index is 12.2. The molecule has 3 aromatic rings. The summed E-state index contributed by atoms with van der Waals surface area (Å²) in [5.41, 5.74) is 2.79. The number of carbonyl (C=O) groups is 2. The second-order valence-electron chi connectivity index (χ2n) is 6.25. The molecule has 0 saturated carbocycles. The topological polar surface area (TPSA) is 80.4 Å². The molecule has 0 radical (unpaired) electrons. The van der Waals surface area contributed by atoms with Gasteiger partial charge in [-0.3, -0.25) is 4.79 Å². The second kappa shape index (κ2) is 8.90. The first-order chi connectivity index (χ1) is 13.6. The summed E-state index contributed by atoms with van der Waals surface area (Å²) in [6, 6.07) is 12.8. The highest BCUT2D eigenvalue weighted by molar-refractivity contribution is 5.90. The monoisotopic (exact) mass is 378 g/mol. The van der Waals surface area contributed by atoms with E-state index in [4.69, 9.17) is 9.47 Å². The number of nitrogens with one attached hydrogen (secondary N) is 2. The molecule has 1 heterocycles. The Morgan fingerprint density at radius 3 is 2.79 bits per heavy atom. The SMILES string of the molecule is COc1ccccc1/C=C/C(=O)Oc1ccc2[nH]cc(CCNC(C)=O)c2c1. The largest absolute Gasteiger partial charge is 0.496 e. The molecule has 0 saturated heterocycles. The van der Waals surface area contributed by atoms with Crippen molar-refractivity contribution in [2.24, 2.45) is 0 Å². The predicted molar refractivity (Wildman–Crippen MR) is 108 cm³/mol. The number of ether oxygens (including phenoxy) is 2. The van der Waals surface area contributed by atoms with Crippen LogP contribution >= 0.6 is 0 Å². The van der Waals surface area contributed by atoms with Crippen molar-refractivity contribution in [1.29, 1.82) is 0 Å². The van der Waals surface area contributed by atoms with E-state index < -0.39 is 5.97 Å². The Balaban J connectivity index is 1.70. The van der Waals surface area contributed by atoms with Crippen molar-refractivity contribution in [3.8, 4) is 11.5 Å². The number of fused-ring (bicyclic) bond motifs is 1. The van der Waals surface area contributed by atoms with Gasteiger partial charge in [0.05, 0.1) is 7.11 Å². The molecule has 6 nitrogen and oxygen atoms in total. The third kappa shape index (κ3) is 4.79. The molecule has 6 heteroatoms. The van der Waals surface area contributed by atoms with Gasteiger partial charge >= 0.3 is 5.97 Å². The number of hydrogen-bond donors (Lipinski definition) is 2. The van der Waals surface area contributed by atoms with Crippen LogP contribution in [0.2, 0.25) is 0 Å². The van der Waals surface area contributed by atoms with Gasteiger partial charge < -0.3 is 19.8 Å². The molecule has 0 spiro atoms. The van der Waals surface area contributed by atoms with Crippen LogP contribution in [0, 0.1) is 0 Å². The summed E-state index contributed by atoms with van der Waals surface area (Å²) in [5, 5.41) is 3.74. The van der Waals surface area contributed by atoms with Gasteiger partial charge in [0.2, 0.25) is 5.91 Å². The molecule has 28 heavy (non-hydrogen) atoms.